The number of para-hydroxylation sites is 1. The number of carbonyl (C=O) groups is 1. The van der Waals surface area contributed by atoms with Gasteiger partial charge in [-0.05, 0) is 50.8 Å². The molecule has 2 fully saturated rings. The van der Waals surface area contributed by atoms with E-state index in [0.29, 0.717) is 6.04 Å². The molecule has 3 rings (SSSR count). The largest absolute Gasteiger partial charge is 0.467 e. The van der Waals surface area contributed by atoms with E-state index in [2.05, 4.69) is 23.2 Å². The van der Waals surface area contributed by atoms with Crippen molar-refractivity contribution in [3.8, 4) is 0 Å². The van der Waals surface area contributed by atoms with E-state index in [9.17, 15) is 4.79 Å². The van der Waals surface area contributed by atoms with E-state index in [1.165, 1.54) is 26.5 Å². The Morgan fingerprint density at radius 1 is 1.38 bits per heavy atom. The van der Waals surface area contributed by atoms with Gasteiger partial charge in [-0.1, -0.05) is 18.2 Å². The number of esters is 1. The SMILES string of the molecule is COC(=O)C1(Nc2ccccc2C)CCN2CCCC2C1. The van der Waals surface area contributed by atoms with Gasteiger partial charge in [-0.3, -0.25) is 0 Å². The Kier molecular flexibility index (Phi) is 3.89. The van der Waals surface area contributed by atoms with Crippen LogP contribution in [0.4, 0.5) is 5.69 Å². The van der Waals surface area contributed by atoms with Crippen LogP contribution in [-0.2, 0) is 9.53 Å². The Bertz CT molecular complexity index is 531. The Morgan fingerprint density at radius 3 is 2.95 bits per heavy atom. The van der Waals surface area contributed by atoms with E-state index in [1.54, 1.807) is 0 Å². The molecular formula is C17H24N2O2. The predicted molar refractivity (Wildman–Crippen MR) is 83.4 cm³/mol. The summed E-state index contributed by atoms with van der Waals surface area (Å²) in [5, 5.41) is 3.52. The quantitative estimate of drug-likeness (QED) is 0.868. The summed E-state index contributed by atoms with van der Waals surface area (Å²) in [7, 11) is 1.49. The number of benzene rings is 1. The second-order valence-corrected chi connectivity index (χ2v) is 6.30. The van der Waals surface area contributed by atoms with Crippen molar-refractivity contribution in [2.45, 2.75) is 44.2 Å². The van der Waals surface area contributed by atoms with Crippen LogP contribution in [-0.4, -0.2) is 42.6 Å². The second-order valence-electron chi connectivity index (χ2n) is 6.30. The number of fused-ring (bicyclic) bond motifs is 1. The molecule has 2 saturated heterocycles. The molecule has 1 aromatic carbocycles. The Morgan fingerprint density at radius 2 is 2.19 bits per heavy atom. The highest BCUT2D eigenvalue weighted by Gasteiger charge is 2.47. The summed E-state index contributed by atoms with van der Waals surface area (Å²) in [6.45, 7) is 4.21. The molecular weight excluding hydrogens is 264 g/mol. The minimum absolute atomic E-state index is 0.127. The molecule has 2 aliphatic heterocycles. The molecule has 2 atom stereocenters. The highest BCUT2D eigenvalue weighted by Crippen LogP contribution is 2.36. The number of hydrogen-bond donors (Lipinski definition) is 1. The van der Waals surface area contributed by atoms with Gasteiger partial charge < -0.3 is 15.0 Å². The van der Waals surface area contributed by atoms with E-state index in [4.69, 9.17) is 4.74 Å². The van der Waals surface area contributed by atoms with Crippen LogP contribution in [0.25, 0.3) is 0 Å². The fourth-order valence-electron chi connectivity index (χ4n) is 3.78. The zero-order chi connectivity index (χ0) is 14.9. The third-order valence-corrected chi connectivity index (χ3v) is 5.00. The molecule has 0 aromatic heterocycles. The maximum atomic E-state index is 12.5. The van der Waals surface area contributed by atoms with Gasteiger partial charge in [0.15, 0.2) is 0 Å². The van der Waals surface area contributed by atoms with Crippen molar-refractivity contribution < 1.29 is 9.53 Å². The molecule has 0 bridgehead atoms. The van der Waals surface area contributed by atoms with Gasteiger partial charge in [0.1, 0.15) is 5.54 Å². The van der Waals surface area contributed by atoms with E-state index in [-0.39, 0.29) is 5.97 Å². The molecule has 0 radical (unpaired) electrons. The molecule has 0 saturated carbocycles. The lowest BCUT2D eigenvalue weighted by molar-refractivity contribution is -0.148. The maximum Gasteiger partial charge on any atom is 0.331 e. The van der Waals surface area contributed by atoms with Crippen LogP contribution in [0.5, 0.6) is 0 Å². The van der Waals surface area contributed by atoms with Crippen molar-refractivity contribution in [1.82, 2.24) is 4.90 Å². The van der Waals surface area contributed by atoms with Crippen LogP contribution in [0, 0.1) is 6.92 Å². The lowest BCUT2D eigenvalue weighted by Crippen LogP contribution is -2.57. The highest BCUT2D eigenvalue weighted by atomic mass is 16.5. The van der Waals surface area contributed by atoms with Crippen LogP contribution < -0.4 is 5.32 Å². The highest BCUT2D eigenvalue weighted by molar-refractivity contribution is 5.85. The number of rotatable bonds is 3. The van der Waals surface area contributed by atoms with Gasteiger partial charge in [0.05, 0.1) is 7.11 Å². The van der Waals surface area contributed by atoms with Gasteiger partial charge in [-0.2, -0.15) is 0 Å². The first kappa shape index (κ1) is 14.4. The summed E-state index contributed by atoms with van der Waals surface area (Å²) in [6, 6.07) is 8.64. The number of anilines is 1. The van der Waals surface area contributed by atoms with E-state index >= 15 is 0 Å². The maximum absolute atomic E-state index is 12.5. The summed E-state index contributed by atoms with van der Waals surface area (Å²) < 4.78 is 5.13. The summed E-state index contributed by atoms with van der Waals surface area (Å²) in [5.74, 6) is -0.127. The Balaban J connectivity index is 1.87. The summed E-state index contributed by atoms with van der Waals surface area (Å²) in [4.78, 5) is 15.0. The van der Waals surface area contributed by atoms with Crippen molar-refractivity contribution in [1.29, 1.82) is 0 Å². The Hall–Kier alpha value is -1.55. The topological polar surface area (TPSA) is 41.6 Å². The average molecular weight is 288 g/mol. The fraction of sp³-hybridized carbons (Fsp3) is 0.588. The number of piperidine rings is 1. The van der Waals surface area contributed by atoms with Gasteiger partial charge in [0.25, 0.3) is 0 Å². The fourth-order valence-corrected chi connectivity index (χ4v) is 3.78. The molecule has 2 aliphatic rings. The van der Waals surface area contributed by atoms with Crippen molar-refractivity contribution in [3.05, 3.63) is 29.8 Å². The molecule has 2 heterocycles. The lowest BCUT2D eigenvalue weighted by Gasteiger charge is -2.43. The first-order valence-corrected chi connectivity index (χ1v) is 7.81. The summed E-state index contributed by atoms with van der Waals surface area (Å²) in [5.41, 5.74) is 1.62. The molecule has 2 unspecified atom stereocenters. The average Bonchev–Trinajstić information content (AvgIpc) is 2.96. The summed E-state index contributed by atoms with van der Waals surface area (Å²) >= 11 is 0. The number of carbonyl (C=O) groups excluding carboxylic acids is 1. The van der Waals surface area contributed by atoms with Gasteiger partial charge in [-0.15, -0.1) is 0 Å². The van der Waals surface area contributed by atoms with Crippen LogP contribution >= 0.6 is 0 Å². The van der Waals surface area contributed by atoms with E-state index < -0.39 is 5.54 Å². The number of aryl methyl sites for hydroxylation is 1. The molecule has 0 aliphatic carbocycles. The van der Waals surface area contributed by atoms with Crippen LogP contribution in [0.3, 0.4) is 0 Å². The third kappa shape index (κ3) is 2.64. The number of nitrogens with zero attached hydrogens (tertiary/aromatic N) is 1. The number of hydrogen-bond acceptors (Lipinski definition) is 4. The summed E-state index contributed by atoms with van der Waals surface area (Å²) in [6.07, 6.45) is 4.08. The lowest BCUT2D eigenvalue weighted by atomic mass is 9.82. The zero-order valence-electron chi connectivity index (χ0n) is 12.9. The second kappa shape index (κ2) is 5.68. The van der Waals surface area contributed by atoms with Crippen molar-refractivity contribution in [2.75, 3.05) is 25.5 Å². The van der Waals surface area contributed by atoms with Crippen LogP contribution in [0.2, 0.25) is 0 Å². The molecule has 1 aromatic rings. The van der Waals surface area contributed by atoms with Crippen LogP contribution in [0.1, 0.15) is 31.2 Å². The number of methoxy groups -OCH3 is 1. The van der Waals surface area contributed by atoms with Crippen LogP contribution in [0.15, 0.2) is 24.3 Å². The first-order chi connectivity index (χ1) is 10.1. The normalized spacial score (nSPS) is 29.0. The zero-order valence-corrected chi connectivity index (χ0v) is 12.9. The van der Waals surface area contributed by atoms with Gasteiger partial charge in [-0.25, -0.2) is 4.79 Å². The molecule has 4 nitrogen and oxygen atoms in total. The standard InChI is InChI=1S/C17H24N2O2/c1-13-6-3-4-8-15(13)18-17(16(20)21-2)9-11-19-10-5-7-14(19)12-17/h3-4,6,8,14,18H,5,7,9-12H2,1-2H3. The van der Waals surface area contributed by atoms with Gasteiger partial charge >= 0.3 is 5.97 Å². The molecule has 0 spiro atoms. The first-order valence-electron chi connectivity index (χ1n) is 7.81. The van der Waals surface area contributed by atoms with Crippen molar-refractivity contribution in [3.63, 3.8) is 0 Å². The minimum atomic E-state index is -0.577. The molecule has 21 heavy (non-hydrogen) atoms. The minimum Gasteiger partial charge on any atom is -0.467 e. The van der Waals surface area contributed by atoms with Gasteiger partial charge in [0, 0.05) is 18.3 Å². The molecule has 4 heteroatoms. The third-order valence-electron chi connectivity index (χ3n) is 5.00. The molecule has 0 amide bonds. The monoisotopic (exact) mass is 288 g/mol. The van der Waals surface area contributed by atoms with Crippen molar-refractivity contribution >= 4 is 11.7 Å². The van der Waals surface area contributed by atoms with Crippen molar-refractivity contribution in [2.24, 2.45) is 0 Å². The number of ether oxygens (including phenoxy) is 1. The predicted octanol–water partition coefficient (Wildman–Crippen LogP) is 2.58. The molecule has 1 N–H and O–H groups in total. The number of nitrogens with one attached hydrogen (secondary N) is 1. The smallest absolute Gasteiger partial charge is 0.331 e. The Labute approximate surface area is 126 Å². The van der Waals surface area contributed by atoms with Gasteiger partial charge in [0.2, 0.25) is 0 Å². The van der Waals surface area contributed by atoms with E-state index in [0.717, 1.165) is 30.6 Å². The van der Waals surface area contributed by atoms with E-state index in [1.807, 2.05) is 18.2 Å². The molecule has 114 valence electrons.